The van der Waals surface area contributed by atoms with Crippen molar-refractivity contribution in [3.63, 3.8) is 0 Å². The van der Waals surface area contributed by atoms with E-state index in [2.05, 4.69) is 11.1 Å². The second-order valence-electron chi connectivity index (χ2n) is 7.31. The molecule has 6 heteroatoms. The molecule has 0 bridgehead atoms. The number of aromatic nitrogens is 1. The highest BCUT2D eigenvalue weighted by Gasteiger charge is 2.14. The fourth-order valence-electron chi connectivity index (χ4n) is 3.34. The highest BCUT2D eigenvalue weighted by Crippen LogP contribution is 2.23. The van der Waals surface area contributed by atoms with Crippen LogP contribution in [0.1, 0.15) is 21.5 Å². The van der Waals surface area contributed by atoms with E-state index in [0.29, 0.717) is 10.4 Å². The minimum atomic E-state index is -0.390. The van der Waals surface area contributed by atoms with Gasteiger partial charge in [-0.25, -0.2) is 0 Å². The van der Waals surface area contributed by atoms with Gasteiger partial charge in [-0.05, 0) is 60.4 Å². The summed E-state index contributed by atoms with van der Waals surface area (Å²) in [5.41, 5.74) is 5.74. The second-order valence-corrected chi connectivity index (χ2v) is 8.32. The van der Waals surface area contributed by atoms with E-state index in [-0.39, 0.29) is 18.4 Å². The Labute approximate surface area is 184 Å². The number of thiazole rings is 1. The molecule has 5 nitrogen and oxygen atoms in total. The van der Waals surface area contributed by atoms with Crippen LogP contribution >= 0.6 is 11.3 Å². The number of fused-ring (bicyclic) bond motifs is 1. The van der Waals surface area contributed by atoms with Gasteiger partial charge in [0.1, 0.15) is 6.54 Å². The molecule has 0 saturated heterocycles. The van der Waals surface area contributed by atoms with Crippen LogP contribution in [0.25, 0.3) is 21.3 Å². The summed E-state index contributed by atoms with van der Waals surface area (Å²) < 4.78 is 7.56. The number of methoxy groups -OCH3 is 1. The largest absolute Gasteiger partial charge is 0.468 e. The molecule has 0 aliphatic heterocycles. The zero-order valence-corrected chi connectivity index (χ0v) is 18.4. The van der Waals surface area contributed by atoms with Crippen LogP contribution < -0.4 is 4.80 Å². The number of carbonyl (C=O) groups excluding carboxylic acids is 2. The van der Waals surface area contributed by atoms with Crippen LogP contribution in [0.15, 0.2) is 71.7 Å². The Morgan fingerprint density at radius 1 is 0.935 bits per heavy atom. The highest BCUT2D eigenvalue weighted by atomic mass is 32.1. The standard InChI is InChI=1S/C25H22N2O3S/c1-16-13-21-22(14-17(16)2)31-25(27(21)15-23(28)30-3)26-24(29)20-11-9-19(10-12-20)18-7-5-4-6-8-18/h4-14H,15H2,1-3H3. The summed E-state index contributed by atoms with van der Waals surface area (Å²) in [6.07, 6.45) is 0. The first-order valence-corrected chi connectivity index (χ1v) is 10.7. The summed E-state index contributed by atoms with van der Waals surface area (Å²) in [5.74, 6) is -0.739. The lowest BCUT2D eigenvalue weighted by Gasteiger charge is -2.06. The van der Waals surface area contributed by atoms with Crippen molar-refractivity contribution in [3.05, 3.63) is 88.2 Å². The molecule has 0 aliphatic carbocycles. The summed E-state index contributed by atoms with van der Waals surface area (Å²) in [6.45, 7) is 4.05. The van der Waals surface area contributed by atoms with Gasteiger partial charge < -0.3 is 9.30 Å². The Kier molecular flexibility index (Phi) is 5.82. The number of benzene rings is 3. The van der Waals surface area contributed by atoms with Gasteiger partial charge in [0, 0.05) is 5.56 Å². The zero-order chi connectivity index (χ0) is 22.0. The van der Waals surface area contributed by atoms with Crippen LogP contribution in [-0.2, 0) is 16.1 Å². The molecule has 0 N–H and O–H groups in total. The van der Waals surface area contributed by atoms with Gasteiger partial charge in [0.2, 0.25) is 0 Å². The number of ether oxygens (including phenoxy) is 1. The van der Waals surface area contributed by atoms with Gasteiger partial charge in [-0.1, -0.05) is 53.8 Å². The Balaban J connectivity index is 1.75. The first-order chi connectivity index (χ1) is 15.0. The van der Waals surface area contributed by atoms with Crippen molar-refractivity contribution in [2.75, 3.05) is 7.11 Å². The average molecular weight is 431 g/mol. The number of hydrogen-bond donors (Lipinski definition) is 0. The van der Waals surface area contributed by atoms with Gasteiger partial charge in [-0.2, -0.15) is 4.99 Å². The third-order valence-corrected chi connectivity index (χ3v) is 6.29. The molecule has 0 radical (unpaired) electrons. The average Bonchev–Trinajstić information content (AvgIpc) is 3.10. The van der Waals surface area contributed by atoms with Gasteiger partial charge in [-0.3, -0.25) is 9.59 Å². The quantitative estimate of drug-likeness (QED) is 0.433. The van der Waals surface area contributed by atoms with Crippen molar-refractivity contribution in [1.29, 1.82) is 0 Å². The van der Waals surface area contributed by atoms with Gasteiger partial charge >= 0.3 is 5.97 Å². The van der Waals surface area contributed by atoms with Crippen molar-refractivity contribution in [3.8, 4) is 11.1 Å². The lowest BCUT2D eigenvalue weighted by Crippen LogP contribution is -2.22. The Bertz CT molecular complexity index is 1330. The Morgan fingerprint density at radius 3 is 2.26 bits per heavy atom. The van der Waals surface area contributed by atoms with Crippen molar-refractivity contribution in [2.24, 2.45) is 4.99 Å². The van der Waals surface area contributed by atoms with Crippen LogP contribution in [0.2, 0.25) is 0 Å². The maximum absolute atomic E-state index is 12.9. The summed E-state index contributed by atoms with van der Waals surface area (Å²) >= 11 is 1.39. The van der Waals surface area contributed by atoms with E-state index in [9.17, 15) is 9.59 Å². The number of esters is 1. The molecule has 0 saturated carbocycles. The van der Waals surface area contributed by atoms with E-state index < -0.39 is 0 Å². The fourth-order valence-corrected chi connectivity index (χ4v) is 4.45. The van der Waals surface area contributed by atoms with E-state index >= 15 is 0 Å². The summed E-state index contributed by atoms with van der Waals surface area (Å²) in [6, 6.07) is 21.4. The smallest absolute Gasteiger partial charge is 0.325 e. The number of nitrogens with zero attached hydrogens (tertiary/aromatic N) is 2. The molecule has 3 aromatic carbocycles. The van der Waals surface area contributed by atoms with E-state index in [1.807, 2.05) is 62.4 Å². The molecule has 31 heavy (non-hydrogen) atoms. The van der Waals surface area contributed by atoms with Crippen LogP contribution in [-0.4, -0.2) is 23.6 Å². The number of carbonyl (C=O) groups is 2. The van der Waals surface area contributed by atoms with Gasteiger partial charge in [0.15, 0.2) is 4.80 Å². The number of aryl methyl sites for hydroxylation is 2. The van der Waals surface area contributed by atoms with Crippen LogP contribution in [0.5, 0.6) is 0 Å². The molecule has 1 aromatic heterocycles. The third-order valence-electron chi connectivity index (χ3n) is 5.25. The first-order valence-electron chi connectivity index (χ1n) is 9.88. The van der Waals surface area contributed by atoms with E-state index in [1.165, 1.54) is 18.4 Å². The number of amides is 1. The lowest BCUT2D eigenvalue weighted by atomic mass is 10.0. The van der Waals surface area contributed by atoms with Crippen LogP contribution in [0.4, 0.5) is 0 Å². The normalized spacial score (nSPS) is 11.6. The molecule has 1 heterocycles. The summed E-state index contributed by atoms with van der Waals surface area (Å²) in [5, 5.41) is 0. The SMILES string of the molecule is COC(=O)Cn1c(=NC(=O)c2ccc(-c3ccccc3)cc2)sc2cc(C)c(C)cc21. The lowest BCUT2D eigenvalue weighted by molar-refractivity contribution is -0.141. The van der Waals surface area contributed by atoms with Gasteiger partial charge in [0.25, 0.3) is 5.91 Å². The third kappa shape index (κ3) is 4.34. The van der Waals surface area contributed by atoms with Gasteiger partial charge in [0.05, 0.1) is 17.3 Å². The molecule has 4 rings (SSSR count). The van der Waals surface area contributed by atoms with Crippen molar-refractivity contribution >= 4 is 33.4 Å². The van der Waals surface area contributed by atoms with E-state index in [0.717, 1.165) is 32.5 Å². The Morgan fingerprint density at radius 2 is 1.58 bits per heavy atom. The predicted octanol–water partition coefficient (Wildman–Crippen LogP) is 4.90. The summed E-state index contributed by atoms with van der Waals surface area (Å²) in [7, 11) is 1.35. The van der Waals surface area contributed by atoms with Crippen LogP contribution in [0.3, 0.4) is 0 Å². The monoisotopic (exact) mass is 430 g/mol. The predicted molar refractivity (Wildman–Crippen MR) is 123 cm³/mol. The minimum Gasteiger partial charge on any atom is -0.468 e. The number of hydrogen-bond acceptors (Lipinski definition) is 4. The maximum atomic E-state index is 12.9. The Hall–Kier alpha value is -3.51. The van der Waals surface area contributed by atoms with E-state index in [1.54, 1.807) is 16.7 Å². The molecule has 0 spiro atoms. The number of rotatable bonds is 4. The molecule has 0 fully saturated rings. The van der Waals surface area contributed by atoms with Crippen molar-refractivity contribution < 1.29 is 14.3 Å². The van der Waals surface area contributed by atoms with E-state index in [4.69, 9.17) is 4.74 Å². The van der Waals surface area contributed by atoms with Crippen molar-refractivity contribution in [1.82, 2.24) is 4.57 Å². The second kappa shape index (κ2) is 8.70. The van der Waals surface area contributed by atoms with Gasteiger partial charge in [-0.15, -0.1) is 0 Å². The molecule has 4 aromatic rings. The molecule has 1 amide bonds. The van der Waals surface area contributed by atoms with Crippen LogP contribution in [0, 0.1) is 13.8 Å². The topological polar surface area (TPSA) is 60.7 Å². The molecule has 0 atom stereocenters. The zero-order valence-electron chi connectivity index (χ0n) is 17.6. The fraction of sp³-hybridized carbons (Fsp3) is 0.160. The first kappa shape index (κ1) is 20.8. The molecule has 0 unspecified atom stereocenters. The molecular formula is C25H22N2O3S. The summed E-state index contributed by atoms with van der Waals surface area (Å²) in [4.78, 5) is 29.7. The van der Waals surface area contributed by atoms with Crippen molar-refractivity contribution in [2.45, 2.75) is 20.4 Å². The molecule has 156 valence electrons. The minimum absolute atomic E-state index is 0.00193. The highest BCUT2D eigenvalue weighted by molar-refractivity contribution is 7.16. The molecular weight excluding hydrogens is 408 g/mol. The molecule has 0 aliphatic rings. The maximum Gasteiger partial charge on any atom is 0.325 e.